The molecule has 1 amide bonds. The molecule has 2 aromatic rings. The molecule has 1 fully saturated rings. The zero-order valence-electron chi connectivity index (χ0n) is 13.5. The number of rotatable bonds is 5. The molecule has 1 aliphatic carbocycles. The van der Waals surface area contributed by atoms with E-state index in [-0.39, 0.29) is 12.5 Å². The molecule has 24 heavy (non-hydrogen) atoms. The van der Waals surface area contributed by atoms with Crippen LogP contribution in [0.15, 0.2) is 28.8 Å². The Morgan fingerprint density at radius 3 is 2.62 bits per heavy atom. The van der Waals surface area contributed by atoms with Crippen LogP contribution in [0, 0.1) is 6.92 Å². The van der Waals surface area contributed by atoms with Crippen LogP contribution in [0.5, 0.6) is 5.75 Å². The summed E-state index contributed by atoms with van der Waals surface area (Å²) in [6.07, 6.45) is 4.80. The van der Waals surface area contributed by atoms with E-state index in [9.17, 15) is 4.79 Å². The van der Waals surface area contributed by atoms with Crippen LogP contribution in [0.3, 0.4) is 0 Å². The molecule has 1 aliphatic rings. The van der Waals surface area contributed by atoms with Gasteiger partial charge in [-0.15, -0.1) is 0 Å². The lowest BCUT2D eigenvalue weighted by Gasteiger charge is -2.35. The summed E-state index contributed by atoms with van der Waals surface area (Å²) in [5.41, 5.74) is -0.559. The second-order valence-electron chi connectivity index (χ2n) is 6.07. The van der Waals surface area contributed by atoms with Gasteiger partial charge in [0.1, 0.15) is 11.3 Å². The number of aromatic nitrogens is 2. The number of nitrogens with one attached hydrogen (secondary N) is 1. The number of hydrogen-bond donors (Lipinski definition) is 1. The molecule has 0 spiro atoms. The van der Waals surface area contributed by atoms with E-state index in [0.29, 0.717) is 22.5 Å². The highest BCUT2D eigenvalue weighted by Crippen LogP contribution is 2.35. The van der Waals surface area contributed by atoms with Crippen LogP contribution >= 0.6 is 11.6 Å². The van der Waals surface area contributed by atoms with Crippen LogP contribution in [0.25, 0.3) is 0 Å². The van der Waals surface area contributed by atoms with E-state index in [2.05, 4.69) is 15.5 Å². The minimum atomic E-state index is -0.559. The summed E-state index contributed by atoms with van der Waals surface area (Å²) in [5, 5.41) is 7.73. The Morgan fingerprint density at radius 1 is 1.29 bits per heavy atom. The van der Waals surface area contributed by atoms with Gasteiger partial charge in [-0.1, -0.05) is 36.0 Å². The molecule has 0 unspecified atom stereocenters. The molecule has 0 saturated heterocycles. The van der Waals surface area contributed by atoms with Crippen molar-refractivity contribution < 1.29 is 14.1 Å². The number of benzene rings is 1. The SMILES string of the molecule is Cc1nc(C2(NC(=O)COc3ccc(Cl)cc3)CCCCC2)no1. The van der Waals surface area contributed by atoms with Crippen LogP contribution in [-0.4, -0.2) is 22.7 Å². The minimum absolute atomic E-state index is 0.0692. The third-order valence-corrected chi connectivity index (χ3v) is 4.48. The molecule has 6 nitrogen and oxygen atoms in total. The van der Waals surface area contributed by atoms with E-state index in [1.165, 1.54) is 0 Å². The highest BCUT2D eigenvalue weighted by Gasteiger charge is 2.39. The highest BCUT2D eigenvalue weighted by atomic mass is 35.5. The molecular weight excluding hydrogens is 330 g/mol. The van der Waals surface area contributed by atoms with Crippen molar-refractivity contribution in [3.63, 3.8) is 0 Å². The molecule has 0 atom stereocenters. The summed E-state index contributed by atoms with van der Waals surface area (Å²) >= 11 is 5.83. The lowest BCUT2D eigenvalue weighted by atomic mass is 9.81. The predicted molar refractivity (Wildman–Crippen MR) is 88.9 cm³/mol. The molecule has 0 radical (unpaired) electrons. The summed E-state index contributed by atoms with van der Waals surface area (Å²) in [6.45, 7) is 1.68. The second kappa shape index (κ2) is 7.21. The Balaban J connectivity index is 1.66. The van der Waals surface area contributed by atoms with Crippen LogP contribution in [0.4, 0.5) is 0 Å². The monoisotopic (exact) mass is 349 g/mol. The number of aryl methyl sites for hydroxylation is 1. The first-order chi connectivity index (χ1) is 11.6. The van der Waals surface area contributed by atoms with Crippen molar-refractivity contribution in [1.82, 2.24) is 15.5 Å². The fraction of sp³-hybridized carbons (Fsp3) is 0.471. The van der Waals surface area contributed by atoms with Crippen molar-refractivity contribution in [1.29, 1.82) is 0 Å². The van der Waals surface area contributed by atoms with Gasteiger partial charge in [0, 0.05) is 11.9 Å². The van der Waals surface area contributed by atoms with Crippen LogP contribution < -0.4 is 10.1 Å². The van der Waals surface area contributed by atoms with Crippen molar-refractivity contribution in [3.8, 4) is 5.75 Å². The topological polar surface area (TPSA) is 77.2 Å². The van der Waals surface area contributed by atoms with Gasteiger partial charge in [-0.25, -0.2) is 0 Å². The Labute approximate surface area is 145 Å². The summed E-state index contributed by atoms with van der Waals surface area (Å²) in [6, 6.07) is 6.90. The summed E-state index contributed by atoms with van der Waals surface area (Å²) < 4.78 is 10.6. The molecule has 128 valence electrons. The Morgan fingerprint density at radius 2 is 2.00 bits per heavy atom. The molecule has 0 bridgehead atoms. The second-order valence-corrected chi connectivity index (χ2v) is 6.51. The normalized spacial score (nSPS) is 16.6. The number of hydrogen-bond acceptors (Lipinski definition) is 5. The van der Waals surface area contributed by atoms with Crippen molar-refractivity contribution in [2.24, 2.45) is 0 Å². The van der Waals surface area contributed by atoms with E-state index in [1.54, 1.807) is 31.2 Å². The van der Waals surface area contributed by atoms with Crippen molar-refractivity contribution >= 4 is 17.5 Å². The Kier molecular flexibility index (Phi) is 5.04. The standard InChI is InChI=1S/C17H20ClN3O3/c1-12-19-16(21-24-12)17(9-3-2-4-10-17)20-15(22)11-23-14-7-5-13(18)6-8-14/h5-8H,2-4,9-11H2,1H3,(H,20,22). The molecule has 1 aromatic heterocycles. The average molecular weight is 350 g/mol. The first-order valence-electron chi connectivity index (χ1n) is 8.08. The largest absolute Gasteiger partial charge is 0.484 e. The van der Waals surface area contributed by atoms with Crippen LogP contribution in [-0.2, 0) is 10.3 Å². The maximum absolute atomic E-state index is 12.4. The minimum Gasteiger partial charge on any atom is -0.484 e. The quantitative estimate of drug-likeness (QED) is 0.895. The zero-order valence-corrected chi connectivity index (χ0v) is 14.3. The Hall–Kier alpha value is -2.08. The summed E-state index contributed by atoms with van der Waals surface area (Å²) in [5.74, 6) is 1.46. The van der Waals surface area contributed by atoms with Gasteiger partial charge < -0.3 is 14.6 Å². The highest BCUT2D eigenvalue weighted by molar-refractivity contribution is 6.30. The van der Waals surface area contributed by atoms with Gasteiger partial charge in [-0.3, -0.25) is 4.79 Å². The number of carbonyl (C=O) groups is 1. The van der Waals surface area contributed by atoms with Gasteiger partial charge in [0.2, 0.25) is 5.89 Å². The zero-order chi connectivity index (χ0) is 17.0. The Bertz CT molecular complexity index is 693. The predicted octanol–water partition coefficient (Wildman–Crippen LogP) is 3.39. The van der Waals surface area contributed by atoms with Gasteiger partial charge in [-0.2, -0.15) is 4.98 Å². The number of nitrogens with zero attached hydrogens (tertiary/aromatic N) is 2. The van der Waals surface area contributed by atoms with E-state index in [4.69, 9.17) is 20.9 Å². The molecule has 1 saturated carbocycles. The summed E-state index contributed by atoms with van der Waals surface area (Å²) in [4.78, 5) is 16.7. The maximum atomic E-state index is 12.4. The van der Waals surface area contributed by atoms with Crippen LogP contribution in [0.2, 0.25) is 5.02 Å². The van der Waals surface area contributed by atoms with Gasteiger partial charge in [0.05, 0.1) is 0 Å². The van der Waals surface area contributed by atoms with Crippen LogP contribution in [0.1, 0.15) is 43.8 Å². The van der Waals surface area contributed by atoms with E-state index >= 15 is 0 Å². The van der Waals surface area contributed by atoms with E-state index < -0.39 is 5.54 Å². The first-order valence-corrected chi connectivity index (χ1v) is 8.45. The van der Waals surface area contributed by atoms with Crippen molar-refractivity contribution in [3.05, 3.63) is 41.0 Å². The van der Waals surface area contributed by atoms with Gasteiger partial charge in [0.15, 0.2) is 12.4 Å². The number of halogens is 1. The lowest BCUT2D eigenvalue weighted by molar-refractivity contribution is -0.125. The molecular formula is C17H20ClN3O3. The fourth-order valence-electron chi connectivity index (χ4n) is 3.04. The molecule has 1 heterocycles. The third-order valence-electron chi connectivity index (χ3n) is 4.22. The van der Waals surface area contributed by atoms with Crippen molar-refractivity contribution in [2.45, 2.75) is 44.6 Å². The summed E-state index contributed by atoms with van der Waals surface area (Å²) in [7, 11) is 0. The molecule has 0 aliphatic heterocycles. The number of ether oxygens (including phenoxy) is 1. The molecule has 1 N–H and O–H groups in total. The molecule has 7 heteroatoms. The number of amides is 1. The smallest absolute Gasteiger partial charge is 0.258 e. The average Bonchev–Trinajstić information content (AvgIpc) is 3.02. The molecule has 1 aromatic carbocycles. The fourth-order valence-corrected chi connectivity index (χ4v) is 3.16. The molecule has 3 rings (SSSR count). The van der Waals surface area contributed by atoms with E-state index in [0.717, 1.165) is 32.1 Å². The number of carbonyl (C=O) groups excluding carboxylic acids is 1. The van der Waals surface area contributed by atoms with Gasteiger partial charge in [-0.05, 0) is 37.1 Å². The lowest BCUT2D eigenvalue weighted by Crippen LogP contribution is -2.49. The van der Waals surface area contributed by atoms with Gasteiger partial charge in [0.25, 0.3) is 5.91 Å². The van der Waals surface area contributed by atoms with Gasteiger partial charge >= 0.3 is 0 Å². The first kappa shape index (κ1) is 16.8. The van der Waals surface area contributed by atoms with E-state index in [1.807, 2.05) is 0 Å². The van der Waals surface area contributed by atoms with Crippen molar-refractivity contribution in [2.75, 3.05) is 6.61 Å². The third kappa shape index (κ3) is 3.87. The maximum Gasteiger partial charge on any atom is 0.258 e.